The second kappa shape index (κ2) is 7.79. The van der Waals surface area contributed by atoms with Gasteiger partial charge in [-0.25, -0.2) is 4.98 Å². The molecule has 1 aromatic rings. The zero-order chi connectivity index (χ0) is 12.5. The van der Waals surface area contributed by atoms with Crippen LogP contribution in [0, 0.1) is 0 Å². The molecule has 0 bridgehead atoms. The maximum atomic E-state index is 4.59. The standard InChI is InChI=1S/C13H22N4/c1-4-7-14-9-12-10-15-11-13(16-12)17(6-3)8-5-2/h5,10-11,14H,2,4,6-9H2,1,3H3. The first-order valence-electron chi connectivity index (χ1n) is 6.19. The summed E-state index contributed by atoms with van der Waals surface area (Å²) in [6.45, 7) is 11.5. The zero-order valence-electron chi connectivity index (χ0n) is 10.8. The smallest absolute Gasteiger partial charge is 0.147 e. The lowest BCUT2D eigenvalue weighted by atomic mass is 10.4. The van der Waals surface area contributed by atoms with E-state index in [1.165, 1.54) is 0 Å². The second-order valence-corrected chi connectivity index (χ2v) is 3.87. The van der Waals surface area contributed by atoms with Crippen molar-refractivity contribution in [1.29, 1.82) is 0 Å². The normalized spacial score (nSPS) is 10.2. The first-order chi connectivity index (χ1) is 8.31. The minimum Gasteiger partial charge on any atom is -0.352 e. The summed E-state index contributed by atoms with van der Waals surface area (Å²) in [5.74, 6) is 0.920. The van der Waals surface area contributed by atoms with Crippen molar-refractivity contribution in [3.8, 4) is 0 Å². The van der Waals surface area contributed by atoms with E-state index in [1.54, 1.807) is 6.20 Å². The van der Waals surface area contributed by atoms with Gasteiger partial charge in [0.2, 0.25) is 0 Å². The minimum absolute atomic E-state index is 0.778. The van der Waals surface area contributed by atoms with Crippen LogP contribution < -0.4 is 10.2 Å². The molecule has 17 heavy (non-hydrogen) atoms. The van der Waals surface area contributed by atoms with Crippen LogP contribution in [0.2, 0.25) is 0 Å². The number of anilines is 1. The second-order valence-electron chi connectivity index (χ2n) is 3.87. The molecule has 4 nitrogen and oxygen atoms in total. The first kappa shape index (κ1) is 13.6. The van der Waals surface area contributed by atoms with Gasteiger partial charge in [0.05, 0.1) is 11.9 Å². The van der Waals surface area contributed by atoms with Crippen molar-refractivity contribution in [2.75, 3.05) is 24.5 Å². The third-order valence-electron chi connectivity index (χ3n) is 2.46. The third-order valence-corrected chi connectivity index (χ3v) is 2.46. The maximum absolute atomic E-state index is 4.59. The van der Waals surface area contributed by atoms with Gasteiger partial charge in [-0.1, -0.05) is 13.0 Å². The van der Waals surface area contributed by atoms with Gasteiger partial charge in [-0.15, -0.1) is 6.58 Å². The summed E-state index contributed by atoms with van der Waals surface area (Å²) < 4.78 is 0. The van der Waals surface area contributed by atoms with Gasteiger partial charge in [-0.2, -0.15) is 0 Å². The number of nitrogens with zero attached hydrogens (tertiary/aromatic N) is 3. The molecule has 0 amide bonds. The van der Waals surface area contributed by atoms with Gasteiger partial charge in [0.1, 0.15) is 5.82 Å². The number of nitrogens with one attached hydrogen (secondary N) is 1. The summed E-state index contributed by atoms with van der Waals surface area (Å²) in [5.41, 5.74) is 0.985. The number of hydrogen-bond acceptors (Lipinski definition) is 4. The van der Waals surface area contributed by atoms with E-state index < -0.39 is 0 Å². The van der Waals surface area contributed by atoms with Crippen LogP contribution in [0.15, 0.2) is 25.0 Å². The molecule has 1 heterocycles. The molecule has 94 valence electrons. The van der Waals surface area contributed by atoms with Crippen LogP contribution >= 0.6 is 0 Å². The summed E-state index contributed by atoms with van der Waals surface area (Å²) in [5, 5.41) is 3.33. The summed E-state index contributed by atoms with van der Waals surface area (Å²) in [7, 11) is 0. The fraction of sp³-hybridized carbons (Fsp3) is 0.538. The Morgan fingerprint density at radius 3 is 2.88 bits per heavy atom. The molecule has 0 unspecified atom stereocenters. The lowest BCUT2D eigenvalue weighted by molar-refractivity contribution is 0.660. The molecule has 0 radical (unpaired) electrons. The van der Waals surface area contributed by atoms with Gasteiger partial charge in [-0.3, -0.25) is 4.98 Å². The molecule has 0 saturated heterocycles. The average molecular weight is 234 g/mol. The van der Waals surface area contributed by atoms with Crippen LogP contribution in [0.1, 0.15) is 26.0 Å². The molecule has 1 rings (SSSR count). The van der Waals surface area contributed by atoms with E-state index in [9.17, 15) is 0 Å². The highest BCUT2D eigenvalue weighted by atomic mass is 15.2. The Hall–Kier alpha value is -1.42. The number of aromatic nitrogens is 2. The van der Waals surface area contributed by atoms with Gasteiger partial charge in [0.25, 0.3) is 0 Å². The fourth-order valence-electron chi connectivity index (χ4n) is 1.57. The zero-order valence-corrected chi connectivity index (χ0v) is 10.8. The van der Waals surface area contributed by atoms with Crippen molar-refractivity contribution in [3.63, 3.8) is 0 Å². The predicted octanol–water partition coefficient (Wildman–Crippen LogP) is 1.99. The molecular formula is C13H22N4. The highest BCUT2D eigenvalue weighted by Crippen LogP contribution is 2.09. The van der Waals surface area contributed by atoms with Crippen LogP contribution in [0.4, 0.5) is 5.82 Å². The van der Waals surface area contributed by atoms with E-state index in [-0.39, 0.29) is 0 Å². The molecular weight excluding hydrogens is 212 g/mol. The molecule has 0 saturated carbocycles. The van der Waals surface area contributed by atoms with Gasteiger partial charge in [0, 0.05) is 25.8 Å². The molecule has 4 heteroatoms. The largest absolute Gasteiger partial charge is 0.352 e. The monoisotopic (exact) mass is 234 g/mol. The summed E-state index contributed by atoms with van der Waals surface area (Å²) in [4.78, 5) is 11.0. The number of hydrogen-bond donors (Lipinski definition) is 1. The lowest BCUT2D eigenvalue weighted by Gasteiger charge is -2.20. The summed E-state index contributed by atoms with van der Waals surface area (Å²) >= 11 is 0. The molecule has 0 atom stereocenters. The van der Waals surface area contributed by atoms with E-state index in [1.807, 2.05) is 12.3 Å². The van der Waals surface area contributed by atoms with Crippen LogP contribution in [-0.2, 0) is 6.54 Å². The number of rotatable bonds is 8. The highest BCUT2D eigenvalue weighted by molar-refractivity contribution is 5.36. The van der Waals surface area contributed by atoms with E-state index in [4.69, 9.17) is 0 Å². The Kier molecular flexibility index (Phi) is 6.25. The quantitative estimate of drug-likeness (QED) is 0.551. The molecule has 0 fully saturated rings. The summed E-state index contributed by atoms with van der Waals surface area (Å²) in [6.07, 6.45) is 6.63. The molecule has 0 spiro atoms. The van der Waals surface area contributed by atoms with Crippen LogP contribution in [0.5, 0.6) is 0 Å². The van der Waals surface area contributed by atoms with Crippen molar-refractivity contribution in [2.24, 2.45) is 0 Å². The third kappa shape index (κ3) is 4.53. The molecule has 0 aliphatic heterocycles. The first-order valence-corrected chi connectivity index (χ1v) is 6.19. The van der Waals surface area contributed by atoms with Crippen molar-refractivity contribution < 1.29 is 0 Å². The highest BCUT2D eigenvalue weighted by Gasteiger charge is 2.05. The van der Waals surface area contributed by atoms with Crippen LogP contribution in [0.25, 0.3) is 0 Å². The molecule has 0 aromatic carbocycles. The van der Waals surface area contributed by atoms with Gasteiger partial charge >= 0.3 is 0 Å². The van der Waals surface area contributed by atoms with Crippen molar-refractivity contribution in [3.05, 3.63) is 30.7 Å². The molecule has 1 aromatic heterocycles. The van der Waals surface area contributed by atoms with Crippen LogP contribution in [-0.4, -0.2) is 29.6 Å². The Balaban J connectivity index is 2.66. The van der Waals surface area contributed by atoms with E-state index in [0.29, 0.717) is 0 Å². The fourth-order valence-corrected chi connectivity index (χ4v) is 1.57. The Morgan fingerprint density at radius 2 is 2.24 bits per heavy atom. The minimum atomic E-state index is 0.778. The van der Waals surface area contributed by atoms with E-state index in [0.717, 1.165) is 44.1 Å². The Bertz CT molecular complexity index is 338. The van der Waals surface area contributed by atoms with Crippen LogP contribution in [0.3, 0.4) is 0 Å². The van der Waals surface area contributed by atoms with Crippen molar-refractivity contribution in [2.45, 2.75) is 26.8 Å². The maximum Gasteiger partial charge on any atom is 0.147 e. The van der Waals surface area contributed by atoms with Gasteiger partial charge in [0.15, 0.2) is 0 Å². The van der Waals surface area contributed by atoms with Crippen molar-refractivity contribution >= 4 is 5.82 Å². The summed E-state index contributed by atoms with van der Waals surface area (Å²) in [6, 6.07) is 0. The van der Waals surface area contributed by atoms with Crippen molar-refractivity contribution in [1.82, 2.24) is 15.3 Å². The number of likely N-dealkylation sites (N-methyl/N-ethyl adjacent to an activating group) is 1. The van der Waals surface area contributed by atoms with Gasteiger partial charge in [-0.05, 0) is 19.9 Å². The molecule has 1 N–H and O–H groups in total. The van der Waals surface area contributed by atoms with E-state index >= 15 is 0 Å². The topological polar surface area (TPSA) is 41.1 Å². The van der Waals surface area contributed by atoms with E-state index in [2.05, 4.69) is 40.6 Å². The van der Waals surface area contributed by atoms with Gasteiger partial charge < -0.3 is 10.2 Å². The SMILES string of the molecule is C=CCN(CC)c1cncc(CNCCC)n1. The molecule has 0 aliphatic carbocycles. The Labute approximate surface area is 104 Å². The average Bonchev–Trinajstić information content (AvgIpc) is 2.36. The Morgan fingerprint density at radius 1 is 1.41 bits per heavy atom. The molecule has 0 aliphatic rings. The lowest BCUT2D eigenvalue weighted by Crippen LogP contribution is -2.24. The predicted molar refractivity (Wildman–Crippen MR) is 72.1 cm³/mol.